The summed E-state index contributed by atoms with van der Waals surface area (Å²) in [7, 11) is 0. The fourth-order valence-electron chi connectivity index (χ4n) is 0.468. The maximum Gasteiger partial charge on any atom is 0.147 e. The van der Waals surface area contributed by atoms with Gasteiger partial charge in [-0.1, -0.05) is 0 Å². The van der Waals surface area contributed by atoms with E-state index in [0.29, 0.717) is 13.4 Å². The molecule has 0 N–H and O–H groups in total. The molecule has 3 nitrogen and oxygen atoms in total. The van der Waals surface area contributed by atoms with Gasteiger partial charge in [0.2, 0.25) is 0 Å². The van der Waals surface area contributed by atoms with Crippen LogP contribution in [0.2, 0.25) is 0 Å². The summed E-state index contributed by atoms with van der Waals surface area (Å²) >= 11 is 0. The molecular weight excluding hydrogens is 96.0 g/mol. The van der Waals surface area contributed by atoms with E-state index in [1.165, 1.54) is 0 Å². The summed E-state index contributed by atoms with van der Waals surface area (Å²) in [5, 5.41) is 9.93. The van der Waals surface area contributed by atoms with Crippen LogP contribution in [0.5, 0.6) is 0 Å². The highest BCUT2D eigenvalue weighted by Gasteiger charge is 2.14. The monoisotopic (exact) mass is 103 g/mol. The first kappa shape index (κ1) is 5.03. The zero-order valence-corrected chi connectivity index (χ0v) is 3.92. The summed E-state index contributed by atoms with van der Waals surface area (Å²) in [4.78, 5) is 0. The van der Waals surface area contributed by atoms with Gasteiger partial charge in [-0.05, 0) is 0 Å². The van der Waals surface area contributed by atoms with Gasteiger partial charge in [-0.2, -0.15) is 0 Å². The average molecular weight is 103 g/mol. The van der Waals surface area contributed by atoms with Gasteiger partial charge in [-0.25, -0.2) is 5.11 Å². The summed E-state index contributed by atoms with van der Waals surface area (Å²) in [6.45, 7) is 0.594. The fraction of sp³-hybridized carbons (Fsp3) is 1.00. The highest BCUT2D eigenvalue weighted by atomic mass is 16.7. The molecule has 1 aliphatic heterocycles. The Morgan fingerprint density at radius 3 is 2.86 bits per heavy atom. The van der Waals surface area contributed by atoms with Crippen LogP contribution in [-0.4, -0.2) is 26.1 Å². The SMILES string of the molecule is [O]CC1COCO1. The average Bonchev–Trinajstić information content (AvgIpc) is 2.14. The van der Waals surface area contributed by atoms with Crippen molar-refractivity contribution in [2.24, 2.45) is 0 Å². The Bertz CT molecular complexity index is 48.9. The molecule has 0 amide bonds. The van der Waals surface area contributed by atoms with Crippen molar-refractivity contribution >= 4 is 0 Å². The van der Waals surface area contributed by atoms with E-state index < -0.39 is 0 Å². The molecule has 0 aromatic heterocycles. The van der Waals surface area contributed by atoms with Gasteiger partial charge in [0.05, 0.1) is 6.61 Å². The summed E-state index contributed by atoms with van der Waals surface area (Å²) in [6, 6.07) is 0. The van der Waals surface area contributed by atoms with Gasteiger partial charge in [0, 0.05) is 0 Å². The van der Waals surface area contributed by atoms with Crippen LogP contribution in [-0.2, 0) is 14.6 Å². The molecule has 3 heteroatoms. The van der Waals surface area contributed by atoms with Gasteiger partial charge in [0.25, 0.3) is 0 Å². The molecule has 41 valence electrons. The van der Waals surface area contributed by atoms with Gasteiger partial charge in [-0.15, -0.1) is 0 Å². The minimum atomic E-state index is -0.181. The Morgan fingerprint density at radius 1 is 1.71 bits per heavy atom. The topological polar surface area (TPSA) is 38.4 Å². The van der Waals surface area contributed by atoms with Crippen LogP contribution in [0.25, 0.3) is 0 Å². The van der Waals surface area contributed by atoms with Gasteiger partial charge in [0.1, 0.15) is 19.5 Å². The van der Waals surface area contributed by atoms with Crippen LogP contribution in [0.15, 0.2) is 0 Å². The van der Waals surface area contributed by atoms with Crippen molar-refractivity contribution in [2.45, 2.75) is 6.10 Å². The molecule has 1 rings (SSSR count). The second-order valence-corrected chi connectivity index (χ2v) is 1.44. The van der Waals surface area contributed by atoms with E-state index in [1.807, 2.05) is 0 Å². The molecule has 1 saturated heterocycles. The number of ether oxygens (including phenoxy) is 2. The van der Waals surface area contributed by atoms with Crippen LogP contribution in [0.3, 0.4) is 0 Å². The molecule has 0 bridgehead atoms. The number of hydrogen-bond acceptors (Lipinski definition) is 2. The van der Waals surface area contributed by atoms with Crippen LogP contribution >= 0.6 is 0 Å². The van der Waals surface area contributed by atoms with E-state index in [2.05, 4.69) is 0 Å². The van der Waals surface area contributed by atoms with E-state index in [-0.39, 0.29) is 12.7 Å². The van der Waals surface area contributed by atoms with Crippen molar-refractivity contribution in [3.05, 3.63) is 0 Å². The number of hydrogen-bond donors (Lipinski definition) is 0. The molecule has 0 aromatic carbocycles. The largest absolute Gasteiger partial charge is 0.353 e. The predicted octanol–water partition coefficient (Wildman–Crippen LogP) is -0.210. The van der Waals surface area contributed by atoms with Crippen LogP contribution in [0.1, 0.15) is 0 Å². The molecule has 0 saturated carbocycles. The Labute approximate surface area is 41.8 Å². The Balaban J connectivity index is 2.14. The normalized spacial score (nSPS) is 31.3. The van der Waals surface area contributed by atoms with Gasteiger partial charge >= 0.3 is 0 Å². The van der Waals surface area contributed by atoms with Crippen molar-refractivity contribution < 1.29 is 14.6 Å². The van der Waals surface area contributed by atoms with Crippen LogP contribution in [0, 0.1) is 0 Å². The Kier molecular flexibility index (Phi) is 1.62. The molecular formula is C4H7O3. The second kappa shape index (κ2) is 2.26. The van der Waals surface area contributed by atoms with Crippen molar-refractivity contribution in [1.29, 1.82) is 0 Å². The molecule has 1 atom stereocenters. The molecule has 0 aliphatic carbocycles. The highest BCUT2D eigenvalue weighted by Crippen LogP contribution is 1.99. The Hall–Kier alpha value is -0.120. The smallest absolute Gasteiger partial charge is 0.147 e. The van der Waals surface area contributed by atoms with Crippen molar-refractivity contribution in [3.63, 3.8) is 0 Å². The van der Waals surface area contributed by atoms with Gasteiger partial charge < -0.3 is 9.47 Å². The maximum absolute atomic E-state index is 9.93. The third-order valence-electron chi connectivity index (χ3n) is 0.877. The van der Waals surface area contributed by atoms with Crippen molar-refractivity contribution in [3.8, 4) is 0 Å². The highest BCUT2D eigenvalue weighted by molar-refractivity contribution is 4.54. The first-order valence-corrected chi connectivity index (χ1v) is 2.21. The molecule has 7 heavy (non-hydrogen) atoms. The lowest BCUT2D eigenvalue weighted by molar-refractivity contribution is 0.0128. The molecule has 0 spiro atoms. The minimum absolute atomic E-state index is 0.181. The third-order valence-corrected chi connectivity index (χ3v) is 0.877. The molecule has 1 heterocycles. The lowest BCUT2D eigenvalue weighted by Crippen LogP contribution is -2.12. The van der Waals surface area contributed by atoms with E-state index in [1.54, 1.807) is 0 Å². The summed E-state index contributed by atoms with van der Waals surface area (Å²) in [5.74, 6) is 0. The molecule has 0 aromatic rings. The maximum atomic E-state index is 9.93. The van der Waals surface area contributed by atoms with Gasteiger partial charge in [-0.3, -0.25) is 0 Å². The summed E-state index contributed by atoms with van der Waals surface area (Å²) in [5.41, 5.74) is 0. The van der Waals surface area contributed by atoms with Crippen molar-refractivity contribution in [2.75, 3.05) is 20.0 Å². The first-order chi connectivity index (χ1) is 3.43. The van der Waals surface area contributed by atoms with Crippen LogP contribution < -0.4 is 0 Å². The predicted molar refractivity (Wildman–Crippen MR) is 21.2 cm³/mol. The first-order valence-electron chi connectivity index (χ1n) is 2.21. The van der Waals surface area contributed by atoms with E-state index in [9.17, 15) is 5.11 Å². The van der Waals surface area contributed by atoms with E-state index in [0.717, 1.165) is 0 Å². The third kappa shape index (κ3) is 1.12. The van der Waals surface area contributed by atoms with E-state index in [4.69, 9.17) is 9.47 Å². The molecule has 1 unspecified atom stereocenters. The summed E-state index contributed by atoms with van der Waals surface area (Å²) < 4.78 is 9.49. The van der Waals surface area contributed by atoms with Crippen molar-refractivity contribution in [1.82, 2.24) is 0 Å². The molecule has 1 fully saturated rings. The molecule has 1 aliphatic rings. The van der Waals surface area contributed by atoms with E-state index >= 15 is 0 Å². The second-order valence-electron chi connectivity index (χ2n) is 1.44. The van der Waals surface area contributed by atoms with Gasteiger partial charge in [0.15, 0.2) is 0 Å². The fourth-order valence-corrected chi connectivity index (χ4v) is 0.468. The standard InChI is InChI=1S/C4H7O3/c5-1-4-2-6-3-7-4/h4H,1-3H2. The molecule has 1 radical (unpaired) electrons. The summed E-state index contributed by atoms with van der Waals surface area (Å²) in [6.07, 6.45) is -0.181. The zero-order valence-electron chi connectivity index (χ0n) is 3.92. The quantitative estimate of drug-likeness (QED) is 0.460. The minimum Gasteiger partial charge on any atom is -0.353 e. The Morgan fingerprint density at radius 2 is 2.57 bits per heavy atom. The zero-order chi connectivity index (χ0) is 5.11. The lowest BCUT2D eigenvalue weighted by atomic mass is 10.4. The van der Waals surface area contributed by atoms with Crippen LogP contribution in [0.4, 0.5) is 0 Å². The number of rotatable bonds is 1. The lowest BCUT2D eigenvalue weighted by Gasteiger charge is -1.95.